The van der Waals surface area contributed by atoms with Gasteiger partial charge in [-0.3, -0.25) is 4.79 Å². The molecule has 4 nitrogen and oxygen atoms in total. The highest BCUT2D eigenvalue weighted by atomic mass is 35.5. The zero-order valence-corrected chi connectivity index (χ0v) is 10.8. The second-order valence-electron chi connectivity index (χ2n) is 3.81. The maximum absolute atomic E-state index is 10.6. The largest absolute Gasteiger partial charge is 0.496 e. The van der Waals surface area contributed by atoms with Crippen LogP contribution in [0.4, 0.5) is 0 Å². The fourth-order valence-electron chi connectivity index (χ4n) is 1.71. The van der Waals surface area contributed by atoms with Gasteiger partial charge in [0.05, 0.1) is 13.7 Å². The highest BCUT2D eigenvalue weighted by molar-refractivity contribution is 6.30. The molecular formula is C12H17ClN2O2. The Labute approximate surface area is 106 Å². The van der Waals surface area contributed by atoms with E-state index >= 15 is 0 Å². The lowest BCUT2D eigenvalue weighted by Gasteiger charge is -2.12. The molecule has 1 amide bonds. The summed E-state index contributed by atoms with van der Waals surface area (Å²) in [5.74, 6) is 0.481. The third-order valence-electron chi connectivity index (χ3n) is 2.39. The standard InChI is InChI=1S/C12H17ClN2O2/c1-8-5-10(13)6-9(12(8)17-2)3-4-15-7-11(14)16/h5-6,15H,3-4,7H2,1-2H3,(H2,14,16). The third kappa shape index (κ3) is 4.24. The van der Waals surface area contributed by atoms with Crippen LogP contribution in [-0.4, -0.2) is 26.1 Å². The molecule has 0 saturated heterocycles. The Hall–Kier alpha value is -1.26. The van der Waals surface area contributed by atoms with Gasteiger partial charge in [-0.1, -0.05) is 11.6 Å². The molecule has 0 unspecified atom stereocenters. The number of halogens is 1. The zero-order valence-electron chi connectivity index (χ0n) is 10.0. The summed E-state index contributed by atoms with van der Waals surface area (Å²) < 4.78 is 5.33. The first-order chi connectivity index (χ1) is 8.04. The Morgan fingerprint density at radius 2 is 2.24 bits per heavy atom. The lowest BCUT2D eigenvalue weighted by Crippen LogP contribution is -2.29. The second-order valence-corrected chi connectivity index (χ2v) is 4.24. The van der Waals surface area contributed by atoms with Crippen LogP contribution in [0.5, 0.6) is 5.75 Å². The van der Waals surface area contributed by atoms with Gasteiger partial charge in [-0.15, -0.1) is 0 Å². The predicted octanol–water partition coefficient (Wildman–Crippen LogP) is 1.27. The summed E-state index contributed by atoms with van der Waals surface area (Å²) in [4.78, 5) is 10.6. The van der Waals surface area contributed by atoms with E-state index in [1.807, 2.05) is 19.1 Å². The van der Waals surface area contributed by atoms with Gasteiger partial charge < -0.3 is 15.8 Å². The maximum atomic E-state index is 10.6. The van der Waals surface area contributed by atoms with Crippen LogP contribution in [0.25, 0.3) is 0 Å². The van der Waals surface area contributed by atoms with E-state index < -0.39 is 0 Å². The Morgan fingerprint density at radius 3 is 2.82 bits per heavy atom. The number of hydrogen-bond donors (Lipinski definition) is 2. The van der Waals surface area contributed by atoms with Gasteiger partial charge in [-0.2, -0.15) is 0 Å². The Morgan fingerprint density at radius 1 is 1.53 bits per heavy atom. The number of hydrogen-bond acceptors (Lipinski definition) is 3. The number of carbonyl (C=O) groups is 1. The van der Waals surface area contributed by atoms with Gasteiger partial charge in [0.25, 0.3) is 0 Å². The van der Waals surface area contributed by atoms with Crippen LogP contribution in [0.2, 0.25) is 5.02 Å². The molecule has 1 aromatic carbocycles. The summed E-state index contributed by atoms with van der Waals surface area (Å²) in [5, 5.41) is 3.64. The number of ether oxygens (including phenoxy) is 1. The van der Waals surface area contributed by atoms with Crippen LogP contribution in [0.15, 0.2) is 12.1 Å². The average Bonchev–Trinajstić information content (AvgIpc) is 2.23. The van der Waals surface area contributed by atoms with E-state index in [4.69, 9.17) is 22.1 Å². The summed E-state index contributed by atoms with van der Waals surface area (Å²) in [5.41, 5.74) is 7.06. The van der Waals surface area contributed by atoms with Crippen molar-refractivity contribution in [3.8, 4) is 5.75 Å². The van der Waals surface area contributed by atoms with Crippen LogP contribution < -0.4 is 15.8 Å². The summed E-state index contributed by atoms with van der Waals surface area (Å²) >= 11 is 5.99. The Kier molecular flexibility index (Phi) is 5.25. The van der Waals surface area contributed by atoms with Crippen LogP contribution in [-0.2, 0) is 11.2 Å². The fraction of sp³-hybridized carbons (Fsp3) is 0.417. The highest BCUT2D eigenvalue weighted by Crippen LogP contribution is 2.27. The van der Waals surface area contributed by atoms with Crippen molar-refractivity contribution in [3.05, 3.63) is 28.3 Å². The van der Waals surface area contributed by atoms with E-state index in [0.717, 1.165) is 23.3 Å². The van der Waals surface area contributed by atoms with Crippen molar-refractivity contribution in [2.24, 2.45) is 5.73 Å². The maximum Gasteiger partial charge on any atom is 0.231 e. The lowest BCUT2D eigenvalue weighted by atomic mass is 10.1. The van der Waals surface area contributed by atoms with Crippen LogP contribution in [0.1, 0.15) is 11.1 Å². The number of nitrogens with two attached hydrogens (primary N) is 1. The lowest BCUT2D eigenvalue weighted by molar-refractivity contribution is -0.117. The molecule has 1 aromatic rings. The van der Waals surface area contributed by atoms with Crippen molar-refractivity contribution in [1.29, 1.82) is 0 Å². The molecule has 0 fully saturated rings. The SMILES string of the molecule is COc1c(C)cc(Cl)cc1CCNCC(N)=O. The quantitative estimate of drug-likeness (QED) is 0.754. The molecule has 0 radical (unpaired) electrons. The van der Waals surface area contributed by atoms with E-state index in [0.29, 0.717) is 11.6 Å². The van der Waals surface area contributed by atoms with Crippen LogP contribution >= 0.6 is 11.6 Å². The normalized spacial score (nSPS) is 10.3. The molecule has 0 aliphatic rings. The smallest absolute Gasteiger partial charge is 0.231 e. The van der Waals surface area contributed by atoms with Gasteiger partial charge in [0.15, 0.2) is 0 Å². The highest BCUT2D eigenvalue weighted by Gasteiger charge is 2.07. The Balaban J connectivity index is 2.66. The number of primary amides is 1. The van der Waals surface area contributed by atoms with Gasteiger partial charge in [0.2, 0.25) is 5.91 Å². The number of carbonyl (C=O) groups excluding carboxylic acids is 1. The molecule has 0 aliphatic carbocycles. The van der Waals surface area contributed by atoms with Gasteiger partial charge in [-0.05, 0) is 43.1 Å². The van der Waals surface area contributed by atoms with Gasteiger partial charge >= 0.3 is 0 Å². The molecule has 5 heteroatoms. The molecule has 1 rings (SSSR count). The third-order valence-corrected chi connectivity index (χ3v) is 2.61. The number of benzene rings is 1. The number of rotatable bonds is 6. The van der Waals surface area contributed by atoms with Gasteiger partial charge in [-0.25, -0.2) is 0 Å². The predicted molar refractivity (Wildman–Crippen MR) is 68.5 cm³/mol. The van der Waals surface area contributed by atoms with E-state index in [-0.39, 0.29) is 12.5 Å². The minimum absolute atomic E-state index is 0.182. The molecule has 0 bridgehead atoms. The molecule has 0 aromatic heterocycles. The van der Waals surface area contributed by atoms with Crippen molar-refractivity contribution in [1.82, 2.24) is 5.32 Å². The van der Waals surface area contributed by atoms with Crippen LogP contribution in [0, 0.1) is 6.92 Å². The molecule has 0 aliphatic heterocycles. The van der Waals surface area contributed by atoms with Crippen molar-refractivity contribution in [2.75, 3.05) is 20.2 Å². The van der Waals surface area contributed by atoms with Crippen LogP contribution in [0.3, 0.4) is 0 Å². The van der Waals surface area contributed by atoms with Crippen molar-refractivity contribution in [2.45, 2.75) is 13.3 Å². The first-order valence-electron chi connectivity index (χ1n) is 5.36. The fourth-order valence-corrected chi connectivity index (χ4v) is 2.01. The van der Waals surface area contributed by atoms with E-state index in [1.165, 1.54) is 0 Å². The van der Waals surface area contributed by atoms with E-state index in [1.54, 1.807) is 7.11 Å². The number of methoxy groups -OCH3 is 1. The van der Waals surface area contributed by atoms with Gasteiger partial charge in [0.1, 0.15) is 5.75 Å². The number of amides is 1. The minimum Gasteiger partial charge on any atom is -0.496 e. The molecule has 17 heavy (non-hydrogen) atoms. The topological polar surface area (TPSA) is 64.3 Å². The molecule has 94 valence electrons. The molecule has 0 spiro atoms. The molecular weight excluding hydrogens is 240 g/mol. The number of nitrogens with one attached hydrogen (secondary N) is 1. The monoisotopic (exact) mass is 256 g/mol. The molecule has 0 heterocycles. The molecule has 0 saturated carbocycles. The van der Waals surface area contributed by atoms with Crippen molar-refractivity contribution >= 4 is 17.5 Å². The van der Waals surface area contributed by atoms with Crippen molar-refractivity contribution < 1.29 is 9.53 Å². The van der Waals surface area contributed by atoms with E-state index in [2.05, 4.69) is 5.32 Å². The minimum atomic E-state index is -0.362. The molecule has 3 N–H and O–H groups in total. The second kappa shape index (κ2) is 6.47. The summed E-state index contributed by atoms with van der Waals surface area (Å²) in [7, 11) is 1.64. The van der Waals surface area contributed by atoms with E-state index in [9.17, 15) is 4.79 Å². The number of aryl methyl sites for hydroxylation is 1. The first-order valence-corrected chi connectivity index (χ1v) is 5.74. The summed E-state index contributed by atoms with van der Waals surface area (Å²) in [6.07, 6.45) is 0.734. The summed E-state index contributed by atoms with van der Waals surface area (Å²) in [6.45, 7) is 2.78. The zero-order chi connectivity index (χ0) is 12.8. The van der Waals surface area contributed by atoms with Crippen molar-refractivity contribution in [3.63, 3.8) is 0 Å². The summed E-state index contributed by atoms with van der Waals surface area (Å²) in [6, 6.07) is 3.74. The molecule has 0 atom stereocenters. The average molecular weight is 257 g/mol. The van der Waals surface area contributed by atoms with Gasteiger partial charge in [0, 0.05) is 5.02 Å². The Bertz CT molecular complexity index is 408. The first kappa shape index (κ1) is 13.8.